The largest absolute Gasteiger partial charge is 0.292 e. The Bertz CT molecular complexity index is 380. The number of nitrogens with one attached hydrogen (secondary N) is 2. The number of hydrogen-bond donors (Lipinski definition) is 4. The van der Waals surface area contributed by atoms with E-state index < -0.39 is 16.7 Å². The first-order valence-electron chi connectivity index (χ1n) is 4.34. The van der Waals surface area contributed by atoms with E-state index >= 15 is 0 Å². The van der Waals surface area contributed by atoms with Gasteiger partial charge in [0.1, 0.15) is 0 Å². The smallest absolute Gasteiger partial charge is 0.269 e. The number of hydrogen-bond acceptors (Lipinski definition) is 4. The lowest BCUT2D eigenvalue weighted by molar-refractivity contribution is -0.133. The number of hydrazine groups is 2. The summed E-state index contributed by atoms with van der Waals surface area (Å²) in [6.07, 6.45) is 0. The zero-order valence-electron chi connectivity index (χ0n) is 8.24. The minimum atomic E-state index is -1.97. The summed E-state index contributed by atoms with van der Waals surface area (Å²) in [6, 6.07) is 8.05. The van der Waals surface area contributed by atoms with Gasteiger partial charge < -0.3 is 0 Å². The number of rotatable bonds is 3. The molecule has 16 heavy (non-hydrogen) atoms. The summed E-state index contributed by atoms with van der Waals surface area (Å²) in [5.74, 6) is 8.25. The number of nitrogens with two attached hydrogens (primary N) is 2. The third-order valence-corrected chi connectivity index (χ3v) is 2.62. The van der Waals surface area contributed by atoms with Gasteiger partial charge in [-0.15, -0.1) is 0 Å². The average Bonchev–Trinajstić information content (AvgIpc) is 2.36. The Kier molecular flexibility index (Phi) is 3.83. The fourth-order valence-electron chi connectivity index (χ4n) is 1.23. The normalized spacial score (nSPS) is 10.7. The minimum Gasteiger partial charge on any atom is -0.292 e. The van der Waals surface area contributed by atoms with E-state index in [2.05, 4.69) is 0 Å². The van der Waals surface area contributed by atoms with E-state index in [-0.39, 0.29) is 5.56 Å². The van der Waals surface area contributed by atoms with Gasteiger partial charge >= 0.3 is 0 Å². The third kappa shape index (κ3) is 1.99. The molecule has 0 radical (unpaired) electrons. The molecule has 2 amide bonds. The highest BCUT2D eigenvalue weighted by molar-refractivity contribution is 6.45. The van der Waals surface area contributed by atoms with Crippen LogP contribution in [0.3, 0.4) is 0 Å². The Labute approximate surface area is 96.9 Å². The fraction of sp³-hybridized carbons (Fsp3) is 0.111. The second-order valence-corrected chi connectivity index (χ2v) is 3.54. The Hall–Kier alpha value is -1.63. The molecule has 86 valence electrons. The number of amides is 2. The average molecular weight is 243 g/mol. The summed E-state index contributed by atoms with van der Waals surface area (Å²) in [5.41, 5.74) is 3.94. The van der Waals surface area contributed by atoms with E-state index in [0.717, 1.165) is 0 Å². The van der Waals surface area contributed by atoms with Crippen LogP contribution in [0.4, 0.5) is 0 Å². The number of halogens is 1. The van der Waals surface area contributed by atoms with Crippen molar-refractivity contribution < 1.29 is 9.59 Å². The minimum absolute atomic E-state index is 0.280. The van der Waals surface area contributed by atoms with Gasteiger partial charge in [-0.2, -0.15) is 0 Å². The van der Waals surface area contributed by atoms with Crippen molar-refractivity contribution in [2.45, 2.75) is 4.87 Å². The van der Waals surface area contributed by atoms with Gasteiger partial charge in [-0.05, 0) is 5.56 Å². The van der Waals surface area contributed by atoms with Crippen molar-refractivity contribution in [2.75, 3.05) is 0 Å². The molecule has 6 N–H and O–H groups in total. The first kappa shape index (κ1) is 12.4. The van der Waals surface area contributed by atoms with Crippen molar-refractivity contribution >= 4 is 23.4 Å². The van der Waals surface area contributed by atoms with Crippen molar-refractivity contribution in [2.24, 2.45) is 11.7 Å². The zero-order chi connectivity index (χ0) is 12.2. The highest BCUT2D eigenvalue weighted by Gasteiger charge is 2.45. The lowest BCUT2D eigenvalue weighted by Crippen LogP contribution is -2.54. The van der Waals surface area contributed by atoms with Gasteiger partial charge in [0, 0.05) is 0 Å². The molecule has 0 aliphatic rings. The molecular formula is C9H11ClN4O2. The molecule has 0 heterocycles. The van der Waals surface area contributed by atoms with Crippen LogP contribution in [0, 0.1) is 0 Å². The van der Waals surface area contributed by atoms with E-state index in [1.165, 1.54) is 12.1 Å². The highest BCUT2D eigenvalue weighted by atomic mass is 35.5. The molecule has 0 saturated carbocycles. The van der Waals surface area contributed by atoms with Crippen molar-refractivity contribution in [3.8, 4) is 0 Å². The highest BCUT2D eigenvalue weighted by Crippen LogP contribution is 2.29. The second-order valence-electron chi connectivity index (χ2n) is 2.97. The monoisotopic (exact) mass is 242 g/mol. The molecule has 7 heteroatoms. The van der Waals surface area contributed by atoms with Crippen LogP contribution in [0.15, 0.2) is 30.3 Å². The van der Waals surface area contributed by atoms with Crippen molar-refractivity contribution in [1.29, 1.82) is 0 Å². The molecule has 0 spiro atoms. The Morgan fingerprint density at radius 2 is 1.50 bits per heavy atom. The van der Waals surface area contributed by atoms with Crippen molar-refractivity contribution in [1.82, 2.24) is 10.9 Å². The predicted octanol–water partition coefficient (Wildman–Crippen LogP) is -0.899. The maximum atomic E-state index is 11.6. The molecule has 0 aliphatic heterocycles. The van der Waals surface area contributed by atoms with Crippen LogP contribution in [0.2, 0.25) is 0 Å². The van der Waals surface area contributed by atoms with Crippen LogP contribution < -0.4 is 22.5 Å². The van der Waals surface area contributed by atoms with Crippen LogP contribution in [0.1, 0.15) is 5.56 Å². The van der Waals surface area contributed by atoms with Crippen LogP contribution in [0.5, 0.6) is 0 Å². The molecule has 0 unspecified atom stereocenters. The SMILES string of the molecule is NNC(=O)C(Cl)(C(=O)NN)c1ccccc1. The van der Waals surface area contributed by atoms with Gasteiger partial charge in [0.2, 0.25) is 4.87 Å². The summed E-state index contributed by atoms with van der Waals surface area (Å²) in [6.45, 7) is 0. The summed E-state index contributed by atoms with van der Waals surface area (Å²) in [4.78, 5) is 21.1. The van der Waals surface area contributed by atoms with Crippen LogP contribution in [-0.2, 0) is 14.5 Å². The molecule has 1 aromatic carbocycles. The van der Waals surface area contributed by atoms with Crippen LogP contribution in [-0.4, -0.2) is 11.8 Å². The molecule has 0 atom stereocenters. The number of benzene rings is 1. The lowest BCUT2D eigenvalue weighted by atomic mass is 9.96. The van der Waals surface area contributed by atoms with Gasteiger partial charge in [0.15, 0.2) is 0 Å². The maximum Gasteiger partial charge on any atom is 0.269 e. The first-order valence-corrected chi connectivity index (χ1v) is 4.71. The molecular weight excluding hydrogens is 232 g/mol. The molecule has 0 saturated heterocycles. The Balaban J connectivity index is 3.26. The lowest BCUT2D eigenvalue weighted by Gasteiger charge is -2.23. The molecule has 0 fully saturated rings. The summed E-state index contributed by atoms with van der Waals surface area (Å²) >= 11 is 5.98. The number of carbonyl (C=O) groups is 2. The molecule has 0 bridgehead atoms. The number of carbonyl (C=O) groups excluding carboxylic acids is 2. The summed E-state index contributed by atoms with van der Waals surface area (Å²) < 4.78 is 0. The summed E-state index contributed by atoms with van der Waals surface area (Å²) in [7, 11) is 0. The van der Waals surface area contributed by atoms with Crippen LogP contribution >= 0.6 is 11.6 Å². The van der Waals surface area contributed by atoms with E-state index in [0.29, 0.717) is 0 Å². The van der Waals surface area contributed by atoms with Gasteiger partial charge in [0.05, 0.1) is 0 Å². The van der Waals surface area contributed by atoms with E-state index in [1.54, 1.807) is 18.2 Å². The quantitative estimate of drug-likeness (QED) is 0.181. The van der Waals surface area contributed by atoms with E-state index in [4.69, 9.17) is 23.3 Å². The maximum absolute atomic E-state index is 11.6. The zero-order valence-corrected chi connectivity index (χ0v) is 8.99. The van der Waals surface area contributed by atoms with Gasteiger partial charge in [-0.1, -0.05) is 41.9 Å². The molecule has 1 aromatic rings. The third-order valence-electron chi connectivity index (χ3n) is 2.06. The molecule has 0 aromatic heterocycles. The standard InChI is InChI=1S/C9H11ClN4O2/c10-9(7(15)13-11,8(16)14-12)6-4-2-1-3-5-6/h1-5H,11-12H2,(H,13,15)(H,14,16). The molecule has 1 rings (SSSR count). The topological polar surface area (TPSA) is 110 Å². The fourth-order valence-corrected chi connectivity index (χ4v) is 1.47. The summed E-state index contributed by atoms with van der Waals surface area (Å²) in [5, 5.41) is 0. The number of alkyl halides is 1. The molecule has 6 nitrogen and oxygen atoms in total. The van der Waals surface area contributed by atoms with Gasteiger partial charge in [-0.25, -0.2) is 11.7 Å². The first-order chi connectivity index (χ1) is 7.57. The Morgan fingerprint density at radius 1 is 1.06 bits per heavy atom. The van der Waals surface area contributed by atoms with Gasteiger partial charge in [0.25, 0.3) is 11.8 Å². The Morgan fingerprint density at radius 3 is 1.88 bits per heavy atom. The van der Waals surface area contributed by atoms with Crippen molar-refractivity contribution in [3.63, 3.8) is 0 Å². The second kappa shape index (κ2) is 4.93. The van der Waals surface area contributed by atoms with E-state index in [1.807, 2.05) is 10.9 Å². The van der Waals surface area contributed by atoms with Crippen molar-refractivity contribution in [3.05, 3.63) is 35.9 Å². The predicted molar refractivity (Wildman–Crippen MR) is 58.6 cm³/mol. The van der Waals surface area contributed by atoms with Gasteiger partial charge in [-0.3, -0.25) is 20.4 Å². The van der Waals surface area contributed by atoms with E-state index in [9.17, 15) is 9.59 Å². The van der Waals surface area contributed by atoms with Crippen LogP contribution in [0.25, 0.3) is 0 Å². The molecule has 0 aliphatic carbocycles.